The summed E-state index contributed by atoms with van der Waals surface area (Å²) < 4.78 is -0.353. The van der Waals surface area contributed by atoms with Gasteiger partial charge in [-0.2, -0.15) is 0 Å². The van der Waals surface area contributed by atoms with Crippen molar-refractivity contribution in [3.63, 3.8) is 0 Å². The second kappa shape index (κ2) is 10.6. The van der Waals surface area contributed by atoms with Gasteiger partial charge in [0.25, 0.3) is 5.91 Å². The summed E-state index contributed by atoms with van der Waals surface area (Å²) in [6.45, 7) is 3.20. The topological polar surface area (TPSA) is 68.3 Å². The van der Waals surface area contributed by atoms with E-state index in [1.54, 1.807) is 0 Å². The average Bonchev–Trinajstić information content (AvgIpc) is 2.91. The van der Waals surface area contributed by atoms with Crippen LogP contribution < -0.4 is 5.32 Å². The number of carbonyl (C=O) groups excluding carboxylic acids is 1. The maximum atomic E-state index is 13.9. The highest BCUT2D eigenvalue weighted by molar-refractivity contribution is 6.09. The van der Waals surface area contributed by atoms with E-state index in [0.717, 1.165) is 47.2 Å². The number of fused-ring (bicyclic) bond motifs is 1. The number of pyridine rings is 1. The fourth-order valence-corrected chi connectivity index (χ4v) is 4.93. The molecule has 0 radical (unpaired) electrons. The Morgan fingerprint density at radius 2 is 1.58 bits per heavy atom. The van der Waals surface area contributed by atoms with Gasteiger partial charge in [0.2, 0.25) is 0 Å². The molecule has 0 aliphatic carbocycles. The van der Waals surface area contributed by atoms with Crippen LogP contribution in [0.1, 0.15) is 21.5 Å². The monoisotopic (exact) mass is 480 g/mol. The van der Waals surface area contributed by atoms with Crippen LogP contribution in [0, 0.1) is 5.21 Å². The van der Waals surface area contributed by atoms with Gasteiger partial charge >= 0.3 is 0 Å². The molecule has 0 atom stereocenters. The molecule has 36 heavy (non-hydrogen) atoms. The largest absolute Gasteiger partial charge is 0.632 e. The molecule has 6 nitrogen and oxygen atoms in total. The van der Waals surface area contributed by atoms with E-state index in [2.05, 4.69) is 22.3 Å². The van der Waals surface area contributed by atoms with Gasteiger partial charge in [-0.25, -0.2) is 4.98 Å². The Labute approximate surface area is 212 Å². The molecule has 1 fully saturated rings. The van der Waals surface area contributed by atoms with Crippen molar-refractivity contribution in [2.75, 3.05) is 39.8 Å². The highest BCUT2D eigenvalue weighted by Crippen LogP contribution is 2.33. The van der Waals surface area contributed by atoms with Crippen molar-refractivity contribution in [3.8, 4) is 11.3 Å². The number of hydrogen-bond donors (Lipinski definition) is 1. The van der Waals surface area contributed by atoms with E-state index in [1.807, 2.05) is 79.8 Å². The average molecular weight is 481 g/mol. The van der Waals surface area contributed by atoms with Crippen molar-refractivity contribution in [1.82, 2.24) is 15.2 Å². The Morgan fingerprint density at radius 3 is 2.31 bits per heavy atom. The molecule has 1 aromatic heterocycles. The summed E-state index contributed by atoms with van der Waals surface area (Å²) in [6.07, 6.45) is 0.740. The van der Waals surface area contributed by atoms with Crippen LogP contribution in [0.5, 0.6) is 0 Å². The van der Waals surface area contributed by atoms with E-state index >= 15 is 0 Å². The number of likely N-dealkylation sites (N-methyl/N-ethyl adjacent to an activating group) is 1. The molecule has 5 rings (SSSR count). The van der Waals surface area contributed by atoms with E-state index in [4.69, 9.17) is 4.98 Å². The lowest BCUT2D eigenvalue weighted by Crippen LogP contribution is -2.54. The van der Waals surface area contributed by atoms with Crippen LogP contribution in [0.25, 0.3) is 22.2 Å². The van der Waals surface area contributed by atoms with Crippen LogP contribution in [0.3, 0.4) is 0 Å². The Bertz CT molecular complexity index is 1330. The van der Waals surface area contributed by atoms with E-state index in [9.17, 15) is 10.0 Å². The second-order valence-corrected chi connectivity index (χ2v) is 9.66. The molecule has 2 heterocycles. The van der Waals surface area contributed by atoms with Gasteiger partial charge in [0.1, 0.15) is 6.54 Å². The molecule has 1 saturated heterocycles. The lowest BCUT2D eigenvalue weighted by molar-refractivity contribution is -0.898. The van der Waals surface area contributed by atoms with Gasteiger partial charge < -0.3 is 15.2 Å². The van der Waals surface area contributed by atoms with Crippen LogP contribution in [0.15, 0.2) is 84.9 Å². The molecule has 0 saturated carbocycles. The first-order valence-electron chi connectivity index (χ1n) is 12.6. The van der Waals surface area contributed by atoms with E-state index in [1.165, 1.54) is 5.56 Å². The Morgan fingerprint density at radius 1 is 0.944 bits per heavy atom. The molecule has 1 amide bonds. The number of aromatic nitrogens is 1. The molecular weight excluding hydrogens is 448 g/mol. The third-order valence-electron chi connectivity index (χ3n) is 7.03. The molecule has 6 heteroatoms. The third kappa shape index (κ3) is 5.31. The number of amides is 1. The third-order valence-corrected chi connectivity index (χ3v) is 7.03. The standard InChI is InChI=1S/C30H32N4O2/c1-33-18-20-34(36,21-19-33)22-26-28(30(35)31-17-16-23-10-4-2-5-11-23)25-14-8-9-15-27(25)32-29(26)24-12-6-3-7-13-24/h2-15H,16-22H2,1H3,(H,31,35). The number of hydrogen-bond acceptors (Lipinski definition) is 4. The van der Waals surface area contributed by atoms with E-state index < -0.39 is 0 Å². The van der Waals surface area contributed by atoms with Crippen molar-refractivity contribution in [2.45, 2.75) is 13.0 Å². The maximum Gasteiger partial charge on any atom is 0.252 e. The van der Waals surface area contributed by atoms with Gasteiger partial charge in [0.05, 0.1) is 29.9 Å². The zero-order chi connectivity index (χ0) is 25.0. The number of nitrogens with one attached hydrogen (secondary N) is 1. The summed E-state index contributed by atoms with van der Waals surface area (Å²) in [5, 5.41) is 17.8. The molecular formula is C30H32N4O2. The van der Waals surface area contributed by atoms with Crippen LogP contribution in [0.2, 0.25) is 0 Å². The molecule has 0 bridgehead atoms. The number of carbonyl (C=O) groups is 1. The van der Waals surface area contributed by atoms with Crippen molar-refractivity contribution < 1.29 is 9.44 Å². The summed E-state index contributed by atoms with van der Waals surface area (Å²) in [4.78, 5) is 21.0. The molecule has 0 spiro atoms. The van der Waals surface area contributed by atoms with Gasteiger partial charge in [-0.15, -0.1) is 0 Å². The van der Waals surface area contributed by atoms with E-state index in [0.29, 0.717) is 25.2 Å². The SMILES string of the molecule is CN1CC[N+]([O-])(Cc2c(-c3ccccc3)nc3ccccc3c2C(=O)NCCc2ccccc2)CC1. The number of piperazine rings is 1. The van der Waals surface area contributed by atoms with Gasteiger partial charge in [-0.05, 0) is 25.1 Å². The zero-order valence-electron chi connectivity index (χ0n) is 20.7. The van der Waals surface area contributed by atoms with Gasteiger partial charge in [0.15, 0.2) is 0 Å². The highest BCUT2D eigenvalue weighted by Gasteiger charge is 2.30. The normalized spacial score (nSPS) is 15.6. The number of nitrogens with zero attached hydrogens (tertiary/aromatic N) is 3. The minimum absolute atomic E-state index is 0.155. The van der Waals surface area contributed by atoms with Crippen LogP contribution in [-0.4, -0.2) is 60.2 Å². The number of benzene rings is 3. The van der Waals surface area contributed by atoms with Crippen LogP contribution in [0.4, 0.5) is 0 Å². The second-order valence-electron chi connectivity index (χ2n) is 9.66. The lowest BCUT2D eigenvalue weighted by atomic mass is 9.95. The maximum absolute atomic E-state index is 13.9. The molecule has 3 aromatic carbocycles. The zero-order valence-corrected chi connectivity index (χ0v) is 20.7. The van der Waals surface area contributed by atoms with Gasteiger partial charge in [0, 0.05) is 36.1 Å². The predicted molar refractivity (Wildman–Crippen MR) is 144 cm³/mol. The van der Waals surface area contributed by atoms with Gasteiger partial charge in [-0.1, -0.05) is 78.9 Å². The highest BCUT2D eigenvalue weighted by atomic mass is 16.5. The predicted octanol–water partition coefficient (Wildman–Crippen LogP) is 4.63. The molecule has 1 N–H and O–H groups in total. The number of rotatable bonds is 7. The van der Waals surface area contributed by atoms with Gasteiger partial charge in [-0.3, -0.25) is 9.69 Å². The summed E-state index contributed by atoms with van der Waals surface area (Å²) in [7, 11) is 2.04. The minimum atomic E-state index is -0.353. The smallest absolute Gasteiger partial charge is 0.252 e. The van der Waals surface area contributed by atoms with Crippen LogP contribution in [-0.2, 0) is 13.0 Å². The Balaban J connectivity index is 1.58. The fourth-order valence-electron chi connectivity index (χ4n) is 4.93. The van der Waals surface area contributed by atoms with Crippen molar-refractivity contribution >= 4 is 16.8 Å². The lowest BCUT2D eigenvalue weighted by Gasteiger charge is -2.48. The number of hydroxylamine groups is 3. The molecule has 1 aliphatic rings. The first-order valence-corrected chi connectivity index (χ1v) is 12.6. The minimum Gasteiger partial charge on any atom is -0.632 e. The van der Waals surface area contributed by atoms with Crippen molar-refractivity contribution in [2.24, 2.45) is 0 Å². The Hall–Kier alpha value is -3.58. The van der Waals surface area contributed by atoms with Crippen molar-refractivity contribution in [3.05, 3.63) is 107 Å². The quantitative estimate of drug-likeness (QED) is 0.309. The number of quaternary nitrogens is 1. The summed E-state index contributed by atoms with van der Waals surface area (Å²) in [5.74, 6) is -0.155. The molecule has 0 unspecified atom stereocenters. The van der Waals surface area contributed by atoms with E-state index in [-0.39, 0.29) is 17.1 Å². The molecule has 1 aliphatic heterocycles. The fraction of sp³-hybridized carbons (Fsp3) is 0.267. The first kappa shape index (κ1) is 24.1. The van der Waals surface area contributed by atoms with Crippen LogP contribution >= 0.6 is 0 Å². The summed E-state index contributed by atoms with van der Waals surface area (Å²) in [6, 6.07) is 27.7. The Kier molecular flexibility index (Phi) is 7.09. The molecule has 4 aromatic rings. The number of para-hydroxylation sites is 1. The summed E-state index contributed by atoms with van der Waals surface area (Å²) >= 11 is 0. The first-order chi connectivity index (χ1) is 17.5. The van der Waals surface area contributed by atoms with Crippen molar-refractivity contribution in [1.29, 1.82) is 0 Å². The summed E-state index contributed by atoms with van der Waals surface area (Å²) in [5.41, 5.74) is 4.86. The molecule has 184 valence electrons.